The smallest absolute Gasteiger partial charge is 0.311 e. The molecule has 0 saturated carbocycles. The van der Waals surface area contributed by atoms with Crippen LogP contribution in [0.25, 0.3) is 0 Å². The SMILES string of the molecule is COC(=O)Cc1csc(NC(=O)c2coc(C)c2)n1. The average molecular weight is 280 g/mol. The maximum absolute atomic E-state index is 11.8. The zero-order valence-corrected chi connectivity index (χ0v) is 11.2. The molecular weight excluding hydrogens is 268 g/mol. The van der Waals surface area contributed by atoms with E-state index in [1.807, 2.05) is 0 Å². The number of hydrogen-bond acceptors (Lipinski definition) is 6. The molecule has 19 heavy (non-hydrogen) atoms. The van der Waals surface area contributed by atoms with Crippen molar-refractivity contribution in [3.8, 4) is 0 Å². The summed E-state index contributed by atoms with van der Waals surface area (Å²) in [4.78, 5) is 27.0. The van der Waals surface area contributed by atoms with E-state index in [2.05, 4.69) is 15.0 Å². The highest BCUT2D eigenvalue weighted by Crippen LogP contribution is 2.17. The van der Waals surface area contributed by atoms with E-state index in [9.17, 15) is 9.59 Å². The van der Waals surface area contributed by atoms with Crippen LogP contribution in [0.3, 0.4) is 0 Å². The van der Waals surface area contributed by atoms with Crippen molar-refractivity contribution in [3.05, 3.63) is 34.7 Å². The second-order valence-corrected chi connectivity index (χ2v) is 4.66. The summed E-state index contributed by atoms with van der Waals surface area (Å²) in [6, 6.07) is 1.64. The third-order valence-corrected chi connectivity index (χ3v) is 3.12. The third kappa shape index (κ3) is 3.41. The summed E-state index contributed by atoms with van der Waals surface area (Å²) in [5.74, 6) is 0.000114. The van der Waals surface area contributed by atoms with Crippen LogP contribution in [-0.4, -0.2) is 24.0 Å². The molecule has 2 rings (SSSR count). The van der Waals surface area contributed by atoms with Crippen molar-refractivity contribution in [2.45, 2.75) is 13.3 Å². The molecule has 6 nitrogen and oxygen atoms in total. The first-order valence-electron chi connectivity index (χ1n) is 5.46. The fourth-order valence-corrected chi connectivity index (χ4v) is 2.10. The van der Waals surface area contributed by atoms with Crippen molar-refractivity contribution >= 4 is 28.3 Å². The lowest BCUT2D eigenvalue weighted by molar-refractivity contribution is -0.139. The Labute approximate surface area is 113 Å². The van der Waals surface area contributed by atoms with Crippen LogP contribution in [-0.2, 0) is 16.0 Å². The zero-order chi connectivity index (χ0) is 13.8. The van der Waals surface area contributed by atoms with Crippen LogP contribution in [0.2, 0.25) is 0 Å². The molecule has 0 spiro atoms. The molecule has 0 fully saturated rings. The Morgan fingerprint density at radius 1 is 1.53 bits per heavy atom. The van der Waals surface area contributed by atoms with E-state index < -0.39 is 0 Å². The zero-order valence-electron chi connectivity index (χ0n) is 10.4. The minimum Gasteiger partial charge on any atom is -0.469 e. The lowest BCUT2D eigenvalue weighted by atomic mass is 10.3. The Balaban J connectivity index is 2.00. The molecule has 0 saturated heterocycles. The molecule has 2 aromatic heterocycles. The van der Waals surface area contributed by atoms with Gasteiger partial charge in [0.1, 0.15) is 12.0 Å². The number of hydrogen-bond donors (Lipinski definition) is 1. The van der Waals surface area contributed by atoms with Crippen LogP contribution in [0, 0.1) is 6.92 Å². The first-order chi connectivity index (χ1) is 9.08. The van der Waals surface area contributed by atoms with E-state index in [1.54, 1.807) is 18.4 Å². The van der Waals surface area contributed by atoms with E-state index in [0.29, 0.717) is 22.1 Å². The number of carbonyl (C=O) groups excluding carboxylic acids is 2. The first-order valence-corrected chi connectivity index (χ1v) is 6.34. The van der Waals surface area contributed by atoms with Crippen molar-refractivity contribution in [2.24, 2.45) is 0 Å². The van der Waals surface area contributed by atoms with Crippen LogP contribution in [0.4, 0.5) is 5.13 Å². The van der Waals surface area contributed by atoms with Crippen molar-refractivity contribution in [2.75, 3.05) is 12.4 Å². The molecule has 0 aromatic carbocycles. The van der Waals surface area contributed by atoms with Crippen molar-refractivity contribution in [1.29, 1.82) is 0 Å². The van der Waals surface area contributed by atoms with E-state index in [1.165, 1.54) is 24.7 Å². The molecule has 0 bridgehead atoms. The number of thiazole rings is 1. The van der Waals surface area contributed by atoms with Crippen LogP contribution in [0.1, 0.15) is 21.8 Å². The summed E-state index contributed by atoms with van der Waals surface area (Å²) in [6.45, 7) is 1.76. The molecule has 0 aliphatic carbocycles. The summed E-state index contributed by atoms with van der Waals surface area (Å²) in [5.41, 5.74) is 0.998. The van der Waals surface area contributed by atoms with Gasteiger partial charge in [-0.2, -0.15) is 0 Å². The second-order valence-electron chi connectivity index (χ2n) is 3.80. The Kier molecular flexibility index (Phi) is 3.96. The number of ether oxygens (including phenoxy) is 1. The van der Waals surface area contributed by atoms with Gasteiger partial charge < -0.3 is 9.15 Å². The third-order valence-electron chi connectivity index (χ3n) is 2.32. The van der Waals surface area contributed by atoms with Gasteiger partial charge in [0.2, 0.25) is 0 Å². The predicted molar refractivity (Wildman–Crippen MR) is 69.2 cm³/mol. The van der Waals surface area contributed by atoms with E-state index in [0.717, 1.165) is 0 Å². The highest BCUT2D eigenvalue weighted by molar-refractivity contribution is 7.14. The number of carbonyl (C=O) groups is 2. The molecule has 0 aliphatic heterocycles. The van der Waals surface area contributed by atoms with Gasteiger partial charge in [0, 0.05) is 5.38 Å². The molecule has 100 valence electrons. The number of furan rings is 1. The molecule has 1 N–H and O–H groups in total. The average Bonchev–Trinajstić information content (AvgIpc) is 2.98. The van der Waals surface area contributed by atoms with E-state index in [-0.39, 0.29) is 18.3 Å². The van der Waals surface area contributed by atoms with Crippen LogP contribution < -0.4 is 5.32 Å². The van der Waals surface area contributed by atoms with Crippen LogP contribution >= 0.6 is 11.3 Å². The van der Waals surface area contributed by atoms with Crippen molar-refractivity contribution in [1.82, 2.24) is 4.98 Å². The van der Waals surface area contributed by atoms with Gasteiger partial charge in [-0.05, 0) is 13.0 Å². The topological polar surface area (TPSA) is 81.4 Å². The number of amides is 1. The highest BCUT2D eigenvalue weighted by Gasteiger charge is 2.12. The van der Waals surface area contributed by atoms with Crippen molar-refractivity contribution in [3.63, 3.8) is 0 Å². The van der Waals surface area contributed by atoms with Crippen LogP contribution in [0.5, 0.6) is 0 Å². The van der Waals surface area contributed by atoms with Gasteiger partial charge in [0.15, 0.2) is 5.13 Å². The normalized spacial score (nSPS) is 10.2. The van der Waals surface area contributed by atoms with Crippen LogP contribution in [0.15, 0.2) is 22.1 Å². The summed E-state index contributed by atoms with van der Waals surface area (Å²) in [6.07, 6.45) is 1.47. The minimum absolute atomic E-state index is 0.0910. The van der Waals surface area contributed by atoms with Gasteiger partial charge in [-0.15, -0.1) is 11.3 Å². The number of aryl methyl sites for hydroxylation is 1. The second kappa shape index (κ2) is 5.66. The summed E-state index contributed by atoms with van der Waals surface area (Å²) < 4.78 is 9.60. The van der Waals surface area contributed by atoms with Crippen molar-refractivity contribution < 1.29 is 18.7 Å². The molecule has 2 aromatic rings. The Morgan fingerprint density at radius 3 is 2.95 bits per heavy atom. The van der Waals surface area contributed by atoms with E-state index in [4.69, 9.17) is 4.42 Å². The number of methoxy groups -OCH3 is 1. The van der Waals surface area contributed by atoms with Gasteiger partial charge in [-0.1, -0.05) is 0 Å². The highest BCUT2D eigenvalue weighted by atomic mass is 32.1. The van der Waals surface area contributed by atoms with Gasteiger partial charge in [-0.3, -0.25) is 14.9 Å². The molecule has 0 atom stereocenters. The Bertz CT molecular complexity index is 602. The molecule has 0 aliphatic rings. The quantitative estimate of drug-likeness (QED) is 0.866. The van der Waals surface area contributed by atoms with Gasteiger partial charge in [-0.25, -0.2) is 4.98 Å². The fourth-order valence-electron chi connectivity index (χ4n) is 1.40. The molecule has 1 amide bonds. The Morgan fingerprint density at radius 2 is 2.32 bits per heavy atom. The summed E-state index contributed by atoms with van der Waals surface area (Å²) >= 11 is 1.25. The summed E-state index contributed by atoms with van der Waals surface area (Å²) in [5, 5.41) is 4.77. The largest absolute Gasteiger partial charge is 0.469 e. The van der Waals surface area contributed by atoms with Gasteiger partial charge >= 0.3 is 5.97 Å². The lowest BCUT2D eigenvalue weighted by Gasteiger charge is -1.97. The molecule has 0 radical (unpaired) electrons. The maximum Gasteiger partial charge on any atom is 0.311 e. The first kappa shape index (κ1) is 13.3. The maximum atomic E-state index is 11.8. The number of esters is 1. The standard InChI is InChI=1S/C12H12N2O4S/c1-7-3-8(5-18-7)11(16)14-12-13-9(6-19-12)4-10(15)17-2/h3,5-6H,4H2,1-2H3,(H,13,14,16). The number of aromatic nitrogens is 1. The molecular formula is C12H12N2O4S. The van der Waals surface area contributed by atoms with Gasteiger partial charge in [0.05, 0.1) is 24.8 Å². The number of anilines is 1. The minimum atomic E-state index is -0.367. The summed E-state index contributed by atoms with van der Waals surface area (Å²) in [7, 11) is 1.32. The Hall–Kier alpha value is -2.15. The van der Waals surface area contributed by atoms with Gasteiger partial charge in [0.25, 0.3) is 5.91 Å². The lowest BCUT2D eigenvalue weighted by Crippen LogP contribution is -2.11. The number of nitrogens with one attached hydrogen (secondary N) is 1. The monoisotopic (exact) mass is 280 g/mol. The molecule has 2 heterocycles. The van der Waals surface area contributed by atoms with E-state index >= 15 is 0 Å². The molecule has 7 heteroatoms. The molecule has 0 unspecified atom stereocenters. The number of rotatable bonds is 4. The predicted octanol–water partition coefficient (Wildman–Crippen LogP) is 2.01. The number of nitrogens with zero attached hydrogens (tertiary/aromatic N) is 1. The fraction of sp³-hybridized carbons (Fsp3) is 0.250.